The number of amides is 1. The first-order valence-electron chi connectivity index (χ1n) is 4.48. The minimum absolute atomic E-state index is 0.384. The Kier molecular flexibility index (Phi) is 4.08. The minimum Gasteiger partial charge on any atom is -0.394 e. The second-order valence-electron chi connectivity index (χ2n) is 3.24. The summed E-state index contributed by atoms with van der Waals surface area (Å²) in [4.78, 5) is 11.3. The summed E-state index contributed by atoms with van der Waals surface area (Å²) in [6.07, 6.45) is 0. The molecule has 1 unspecified atom stereocenters. The van der Waals surface area contributed by atoms with E-state index in [0.717, 1.165) is 5.56 Å². The first-order valence-corrected chi connectivity index (χ1v) is 4.86. The van der Waals surface area contributed by atoms with E-state index < -0.39 is 11.9 Å². The van der Waals surface area contributed by atoms with E-state index in [0.29, 0.717) is 10.7 Å². The van der Waals surface area contributed by atoms with Gasteiger partial charge in [0.2, 0.25) is 5.91 Å². The van der Waals surface area contributed by atoms with Gasteiger partial charge in [-0.05, 0) is 24.6 Å². The van der Waals surface area contributed by atoms with Crippen molar-refractivity contribution < 1.29 is 9.90 Å². The zero-order valence-corrected chi connectivity index (χ0v) is 9.08. The number of nitrogens with two attached hydrogens (primary N) is 1. The first-order chi connectivity index (χ1) is 7.04. The van der Waals surface area contributed by atoms with Gasteiger partial charge >= 0.3 is 0 Å². The molecule has 0 radical (unpaired) electrons. The van der Waals surface area contributed by atoms with Crippen LogP contribution in [0.3, 0.4) is 0 Å². The molecule has 4 nitrogen and oxygen atoms in total. The Hall–Kier alpha value is -1.10. The molecule has 1 aromatic rings. The normalized spacial score (nSPS) is 12.3. The lowest BCUT2D eigenvalue weighted by molar-refractivity contribution is -0.118. The monoisotopic (exact) mass is 228 g/mol. The number of rotatable bonds is 3. The van der Waals surface area contributed by atoms with Gasteiger partial charge in [-0.3, -0.25) is 4.79 Å². The van der Waals surface area contributed by atoms with Crippen molar-refractivity contribution in [2.75, 3.05) is 11.9 Å². The first kappa shape index (κ1) is 12.0. The Labute approximate surface area is 93.0 Å². The number of aryl methyl sites for hydroxylation is 1. The molecule has 82 valence electrons. The molecule has 0 fully saturated rings. The van der Waals surface area contributed by atoms with Crippen molar-refractivity contribution in [1.29, 1.82) is 0 Å². The number of carbonyl (C=O) groups is 1. The van der Waals surface area contributed by atoms with E-state index in [-0.39, 0.29) is 6.61 Å². The molecular formula is C10H13ClN2O2. The van der Waals surface area contributed by atoms with Crippen LogP contribution in [0.2, 0.25) is 5.02 Å². The second-order valence-corrected chi connectivity index (χ2v) is 3.65. The van der Waals surface area contributed by atoms with Crippen LogP contribution in [0.15, 0.2) is 18.2 Å². The Morgan fingerprint density at radius 1 is 1.67 bits per heavy atom. The van der Waals surface area contributed by atoms with E-state index in [1.165, 1.54) is 0 Å². The average Bonchev–Trinajstić information content (AvgIpc) is 2.22. The number of benzene rings is 1. The van der Waals surface area contributed by atoms with Crippen molar-refractivity contribution >= 4 is 23.2 Å². The topological polar surface area (TPSA) is 75.4 Å². The van der Waals surface area contributed by atoms with Gasteiger partial charge in [-0.25, -0.2) is 0 Å². The summed E-state index contributed by atoms with van der Waals surface area (Å²) < 4.78 is 0. The Morgan fingerprint density at radius 2 is 2.33 bits per heavy atom. The fourth-order valence-corrected chi connectivity index (χ4v) is 1.17. The second kappa shape index (κ2) is 5.11. The highest BCUT2D eigenvalue weighted by Gasteiger charge is 2.12. The SMILES string of the molecule is Cc1ccc(NC(=O)C(N)CO)cc1Cl. The number of hydrogen-bond donors (Lipinski definition) is 3. The molecule has 15 heavy (non-hydrogen) atoms. The lowest BCUT2D eigenvalue weighted by Gasteiger charge is -2.10. The summed E-state index contributed by atoms with van der Waals surface area (Å²) in [5.74, 6) is -0.433. The highest BCUT2D eigenvalue weighted by atomic mass is 35.5. The highest BCUT2D eigenvalue weighted by molar-refractivity contribution is 6.31. The van der Waals surface area contributed by atoms with E-state index in [1.54, 1.807) is 18.2 Å². The average molecular weight is 229 g/mol. The van der Waals surface area contributed by atoms with Gasteiger partial charge in [0, 0.05) is 10.7 Å². The largest absolute Gasteiger partial charge is 0.394 e. The predicted molar refractivity (Wildman–Crippen MR) is 59.9 cm³/mol. The lowest BCUT2D eigenvalue weighted by atomic mass is 10.2. The maximum atomic E-state index is 11.3. The molecule has 0 aromatic heterocycles. The van der Waals surface area contributed by atoms with Crippen LogP contribution in [-0.4, -0.2) is 23.7 Å². The van der Waals surface area contributed by atoms with Crippen LogP contribution in [0.1, 0.15) is 5.56 Å². The minimum atomic E-state index is -0.912. The fourth-order valence-electron chi connectivity index (χ4n) is 0.988. The maximum absolute atomic E-state index is 11.3. The Balaban J connectivity index is 2.73. The van der Waals surface area contributed by atoms with Gasteiger partial charge in [-0.2, -0.15) is 0 Å². The van der Waals surface area contributed by atoms with E-state index in [2.05, 4.69) is 5.32 Å². The molecule has 4 N–H and O–H groups in total. The Morgan fingerprint density at radius 3 is 2.87 bits per heavy atom. The van der Waals surface area contributed by atoms with Crippen LogP contribution in [0.5, 0.6) is 0 Å². The van der Waals surface area contributed by atoms with Gasteiger partial charge in [-0.1, -0.05) is 17.7 Å². The van der Waals surface area contributed by atoms with Crippen molar-refractivity contribution in [2.24, 2.45) is 5.73 Å². The van der Waals surface area contributed by atoms with Crippen LogP contribution in [0, 0.1) is 6.92 Å². The number of aliphatic hydroxyl groups excluding tert-OH is 1. The molecule has 0 heterocycles. The van der Waals surface area contributed by atoms with Gasteiger partial charge in [-0.15, -0.1) is 0 Å². The zero-order chi connectivity index (χ0) is 11.4. The summed E-state index contributed by atoms with van der Waals surface area (Å²) in [5, 5.41) is 11.8. The molecule has 0 bridgehead atoms. The van der Waals surface area contributed by atoms with E-state index >= 15 is 0 Å². The molecule has 1 amide bonds. The van der Waals surface area contributed by atoms with E-state index in [4.69, 9.17) is 22.4 Å². The number of hydrogen-bond acceptors (Lipinski definition) is 3. The van der Waals surface area contributed by atoms with E-state index in [9.17, 15) is 4.79 Å². The van der Waals surface area contributed by atoms with Crippen molar-refractivity contribution in [1.82, 2.24) is 0 Å². The van der Waals surface area contributed by atoms with Gasteiger partial charge in [0.1, 0.15) is 6.04 Å². The number of anilines is 1. The lowest BCUT2D eigenvalue weighted by Crippen LogP contribution is -2.38. The summed E-state index contributed by atoms with van der Waals surface area (Å²) in [7, 11) is 0. The number of aliphatic hydroxyl groups is 1. The molecule has 0 spiro atoms. The van der Waals surface area contributed by atoms with Crippen molar-refractivity contribution in [3.8, 4) is 0 Å². The van der Waals surface area contributed by atoms with Crippen LogP contribution < -0.4 is 11.1 Å². The molecule has 0 saturated carbocycles. The quantitative estimate of drug-likeness (QED) is 0.720. The fraction of sp³-hybridized carbons (Fsp3) is 0.300. The summed E-state index contributed by atoms with van der Waals surface area (Å²) in [6, 6.07) is 4.25. The number of carbonyl (C=O) groups excluding carboxylic acids is 1. The van der Waals surface area contributed by atoms with Crippen LogP contribution >= 0.6 is 11.6 Å². The number of nitrogens with one attached hydrogen (secondary N) is 1. The van der Waals surface area contributed by atoms with Gasteiger partial charge in [0.25, 0.3) is 0 Å². The van der Waals surface area contributed by atoms with Gasteiger partial charge < -0.3 is 16.2 Å². The van der Waals surface area contributed by atoms with Crippen molar-refractivity contribution in [2.45, 2.75) is 13.0 Å². The van der Waals surface area contributed by atoms with Crippen LogP contribution in [0.25, 0.3) is 0 Å². The van der Waals surface area contributed by atoms with Crippen LogP contribution in [-0.2, 0) is 4.79 Å². The molecule has 0 aliphatic rings. The third kappa shape index (κ3) is 3.20. The summed E-state index contributed by atoms with van der Waals surface area (Å²) in [5.41, 5.74) is 6.84. The predicted octanol–water partition coefficient (Wildman–Crippen LogP) is 0.907. The molecule has 0 aliphatic carbocycles. The zero-order valence-electron chi connectivity index (χ0n) is 8.33. The third-order valence-corrected chi connectivity index (χ3v) is 2.38. The molecule has 0 saturated heterocycles. The molecule has 1 rings (SSSR count). The maximum Gasteiger partial charge on any atom is 0.243 e. The smallest absolute Gasteiger partial charge is 0.243 e. The molecule has 0 aliphatic heterocycles. The summed E-state index contributed by atoms with van der Waals surface area (Å²) >= 11 is 5.88. The molecule has 1 atom stereocenters. The van der Waals surface area contributed by atoms with Gasteiger partial charge in [0.05, 0.1) is 6.61 Å². The van der Waals surface area contributed by atoms with Crippen molar-refractivity contribution in [3.63, 3.8) is 0 Å². The highest BCUT2D eigenvalue weighted by Crippen LogP contribution is 2.19. The number of halogens is 1. The molecule has 5 heteroatoms. The molecule has 1 aromatic carbocycles. The Bertz CT molecular complexity index is 368. The summed E-state index contributed by atoms with van der Waals surface area (Å²) in [6.45, 7) is 1.48. The van der Waals surface area contributed by atoms with Gasteiger partial charge in [0.15, 0.2) is 0 Å². The standard InChI is InChI=1S/C10H13ClN2O2/c1-6-2-3-7(4-8(6)11)13-10(15)9(12)5-14/h2-4,9,14H,5,12H2,1H3,(H,13,15). The van der Waals surface area contributed by atoms with Crippen molar-refractivity contribution in [3.05, 3.63) is 28.8 Å². The third-order valence-electron chi connectivity index (χ3n) is 1.97. The van der Waals surface area contributed by atoms with Crippen LogP contribution in [0.4, 0.5) is 5.69 Å². The molecular weight excluding hydrogens is 216 g/mol. The van der Waals surface area contributed by atoms with E-state index in [1.807, 2.05) is 6.92 Å².